The normalized spacial score (nSPS) is 12.9. The fourth-order valence-electron chi connectivity index (χ4n) is 0.493. The van der Waals surface area contributed by atoms with Crippen LogP contribution in [-0.4, -0.2) is 50.5 Å². The summed E-state index contributed by atoms with van der Waals surface area (Å²) < 4.78 is 30.1. The fourth-order valence-corrected chi connectivity index (χ4v) is 1.21. The maximum absolute atomic E-state index is 11.2. The highest BCUT2D eigenvalue weighted by Crippen LogP contribution is 1.98. The van der Waals surface area contributed by atoms with Crippen molar-refractivity contribution in [3.63, 3.8) is 0 Å². The number of amidine groups is 1. The summed E-state index contributed by atoms with van der Waals surface area (Å²) in [6.07, 6.45) is 0. The SMILES string of the molecule is COC(N)=NS(=O)(=O)N(C)CC(=O)O. The monoisotopic (exact) mass is 225 g/mol. The first-order valence-corrected chi connectivity index (χ1v) is 4.76. The van der Waals surface area contributed by atoms with Crippen LogP contribution in [0, 0.1) is 0 Å². The molecule has 0 saturated carbocycles. The Morgan fingerprint density at radius 2 is 2.14 bits per heavy atom. The quantitative estimate of drug-likeness (QED) is 0.430. The summed E-state index contributed by atoms with van der Waals surface area (Å²) in [6, 6.07) is -0.553. The first kappa shape index (κ1) is 12.7. The summed E-state index contributed by atoms with van der Waals surface area (Å²) in [7, 11) is -1.87. The minimum atomic E-state index is -4.08. The lowest BCUT2D eigenvalue weighted by Crippen LogP contribution is -2.32. The molecule has 0 bridgehead atoms. The van der Waals surface area contributed by atoms with Crippen LogP contribution in [0.3, 0.4) is 0 Å². The molecule has 0 rings (SSSR count). The van der Waals surface area contributed by atoms with Crippen LogP contribution in [-0.2, 0) is 19.7 Å². The van der Waals surface area contributed by atoms with Crippen molar-refractivity contribution in [3.8, 4) is 0 Å². The maximum Gasteiger partial charge on any atom is 0.327 e. The highest BCUT2D eigenvalue weighted by atomic mass is 32.2. The van der Waals surface area contributed by atoms with E-state index in [4.69, 9.17) is 10.8 Å². The molecular weight excluding hydrogens is 214 g/mol. The molecule has 0 aliphatic carbocycles. The summed E-state index contributed by atoms with van der Waals surface area (Å²) in [5.74, 6) is -1.29. The molecule has 0 heterocycles. The van der Waals surface area contributed by atoms with Gasteiger partial charge in [0.15, 0.2) is 0 Å². The lowest BCUT2D eigenvalue weighted by molar-refractivity contribution is -0.137. The van der Waals surface area contributed by atoms with Gasteiger partial charge in [-0.2, -0.15) is 12.7 Å². The van der Waals surface area contributed by atoms with Crippen molar-refractivity contribution in [1.82, 2.24) is 4.31 Å². The smallest absolute Gasteiger partial charge is 0.327 e. The molecular formula is C5H11N3O5S. The van der Waals surface area contributed by atoms with Gasteiger partial charge in [0.2, 0.25) is 0 Å². The Bertz CT molecular complexity index is 335. The van der Waals surface area contributed by atoms with Gasteiger partial charge in [0.05, 0.1) is 7.11 Å². The molecule has 8 nitrogen and oxygen atoms in total. The number of nitrogens with zero attached hydrogens (tertiary/aromatic N) is 2. The molecule has 0 aromatic rings. The number of hydrogen-bond donors (Lipinski definition) is 2. The third-order valence-corrected chi connectivity index (χ3v) is 2.49. The van der Waals surface area contributed by atoms with E-state index in [0.717, 1.165) is 14.2 Å². The molecule has 82 valence electrons. The second-order valence-electron chi connectivity index (χ2n) is 2.26. The Morgan fingerprint density at radius 3 is 2.50 bits per heavy atom. The van der Waals surface area contributed by atoms with E-state index in [-0.39, 0.29) is 0 Å². The molecule has 0 fully saturated rings. The third-order valence-electron chi connectivity index (χ3n) is 1.17. The molecule has 0 unspecified atom stereocenters. The van der Waals surface area contributed by atoms with Gasteiger partial charge in [-0.15, -0.1) is 0 Å². The zero-order chi connectivity index (χ0) is 11.4. The number of aliphatic carboxylic acids is 1. The van der Waals surface area contributed by atoms with Gasteiger partial charge in [0.1, 0.15) is 6.54 Å². The number of ether oxygens (including phenoxy) is 1. The van der Waals surface area contributed by atoms with Gasteiger partial charge < -0.3 is 15.6 Å². The van der Waals surface area contributed by atoms with Crippen LogP contribution < -0.4 is 5.73 Å². The Morgan fingerprint density at radius 1 is 1.64 bits per heavy atom. The van der Waals surface area contributed by atoms with Crippen molar-refractivity contribution >= 4 is 22.2 Å². The largest absolute Gasteiger partial charge is 0.480 e. The summed E-state index contributed by atoms with van der Waals surface area (Å²) in [5, 5.41) is 8.32. The van der Waals surface area contributed by atoms with Gasteiger partial charge in [-0.3, -0.25) is 4.79 Å². The molecule has 0 saturated heterocycles. The van der Waals surface area contributed by atoms with Crippen molar-refractivity contribution in [2.24, 2.45) is 10.1 Å². The lowest BCUT2D eigenvalue weighted by Gasteiger charge is -2.10. The van der Waals surface area contributed by atoms with Gasteiger partial charge in [-0.1, -0.05) is 4.40 Å². The highest BCUT2D eigenvalue weighted by molar-refractivity contribution is 7.87. The van der Waals surface area contributed by atoms with E-state index in [1.807, 2.05) is 0 Å². The maximum atomic E-state index is 11.2. The van der Waals surface area contributed by atoms with Crippen LogP contribution in [0.1, 0.15) is 0 Å². The molecule has 0 aromatic carbocycles. The number of methoxy groups -OCH3 is 1. The molecule has 9 heteroatoms. The average Bonchev–Trinajstić information content (AvgIpc) is 2.02. The van der Waals surface area contributed by atoms with E-state index in [0.29, 0.717) is 4.31 Å². The number of likely N-dealkylation sites (N-methyl/N-ethyl adjacent to an activating group) is 1. The second-order valence-corrected chi connectivity index (χ2v) is 3.96. The van der Waals surface area contributed by atoms with Gasteiger partial charge in [-0.25, -0.2) is 0 Å². The summed E-state index contributed by atoms with van der Waals surface area (Å²) in [5.41, 5.74) is 5.00. The molecule has 3 N–H and O–H groups in total. The number of carboxylic acid groups (broad SMARTS) is 1. The van der Waals surface area contributed by atoms with Crippen LogP contribution in [0.15, 0.2) is 4.40 Å². The van der Waals surface area contributed by atoms with Crippen molar-refractivity contribution in [1.29, 1.82) is 0 Å². The predicted molar refractivity (Wildman–Crippen MR) is 47.8 cm³/mol. The molecule has 0 aliphatic rings. The standard InChI is InChI=1S/C5H11N3O5S/c1-8(3-4(9)10)14(11,12)7-5(6)13-2/h3H2,1-2H3,(H2,6,7)(H,9,10). The van der Waals surface area contributed by atoms with Gasteiger partial charge in [-0.05, 0) is 0 Å². The van der Waals surface area contributed by atoms with Crippen LogP contribution in [0.2, 0.25) is 0 Å². The summed E-state index contributed by atoms with van der Waals surface area (Å²) in [6.45, 7) is -0.692. The molecule has 0 atom stereocenters. The predicted octanol–water partition coefficient (Wildman–Crippen LogP) is -1.79. The zero-order valence-corrected chi connectivity index (χ0v) is 8.48. The molecule has 14 heavy (non-hydrogen) atoms. The van der Waals surface area contributed by atoms with E-state index in [2.05, 4.69) is 9.13 Å². The molecule has 0 aliphatic heterocycles. The van der Waals surface area contributed by atoms with Crippen LogP contribution in [0.25, 0.3) is 0 Å². The lowest BCUT2D eigenvalue weighted by atomic mass is 10.7. The Labute approximate surface area is 81.2 Å². The Kier molecular flexibility index (Phi) is 4.31. The fraction of sp³-hybridized carbons (Fsp3) is 0.600. The molecule has 0 radical (unpaired) electrons. The summed E-state index contributed by atoms with van der Waals surface area (Å²) in [4.78, 5) is 10.2. The molecule has 0 aromatic heterocycles. The minimum absolute atomic E-state index is 0.529. The van der Waals surface area contributed by atoms with E-state index in [1.165, 1.54) is 0 Å². The third kappa shape index (κ3) is 4.05. The molecule has 0 spiro atoms. The van der Waals surface area contributed by atoms with Crippen LogP contribution in [0.4, 0.5) is 0 Å². The first-order valence-electron chi connectivity index (χ1n) is 3.37. The number of hydrogen-bond acceptors (Lipinski definition) is 4. The number of carboxylic acids is 1. The van der Waals surface area contributed by atoms with E-state index in [1.54, 1.807) is 0 Å². The number of carbonyl (C=O) groups is 1. The second kappa shape index (κ2) is 4.77. The van der Waals surface area contributed by atoms with E-state index in [9.17, 15) is 13.2 Å². The first-order chi connectivity index (χ1) is 6.29. The Hall–Kier alpha value is -1.35. The number of rotatable bonds is 4. The van der Waals surface area contributed by atoms with Crippen molar-refractivity contribution in [2.75, 3.05) is 20.7 Å². The van der Waals surface area contributed by atoms with Gasteiger partial charge in [0, 0.05) is 7.05 Å². The van der Waals surface area contributed by atoms with E-state index < -0.39 is 28.7 Å². The topological polar surface area (TPSA) is 122 Å². The van der Waals surface area contributed by atoms with Gasteiger partial charge in [0.25, 0.3) is 6.02 Å². The minimum Gasteiger partial charge on any atom is -0.480 e. The average molecular weight is 225 g/mol. The van der Waals surface area contributed by atoms with Crippen LogP contribution >= 0.6 is 0 Å². The van der Waals surface area contributed by atoms with Crippen molar-refractivity contribution in [3.05, 3.63) is 0 Å². The van der Waals surface area contributed by atoms with Crippen LogP contribution in [0.5, 0.6) is 0 Å². The van der Waals surface area contributed by atoms with Gasteiger partial charge >= 0.3 is 16.2 Å². The van der Waals surface area contributed by atoms with Crippen molar-refractivity contribution in [2.45, 2.75) is 0 Å². The zero-order valence-electron chi connectivity index (χ0n) is 7.67. The van der Waals surface area contributed by atoms with E-state index >= 15 is 0 Å². The highest BCUT2D eigenvalue weighted by Gasteiger charge is 2.19. The molecule has 0 amide bonds. The summed E-state index contributed by atoms with van der Waals surface area (Å²) >= 11 is 0. The number of nitrogens with two attached hydrogens (primary N) is 1. The van der Waals surface area contributed by atoms with Crippen molar-refractivity contribution < 1.29 is 23.1 Å². The Balaban J connectivity index is 4.71.